The van der Waals surface area contributed by atoms with Crippen LogP contribution in [0.4, 0.5) is 8.78 Å². The molecule has 1 nitrogen and oxygen atoms in total. The fourth-order valence-corrected chi connectivity index (χ4v) is 3.16. The van der Waals surface area contributed by atoms with Gasteiger partial charge in [0.05, 0.1) is 5.38 Å². The van der Waals surface area contributed by atoms with Crippen LogP contribution in [0.3, 0.4) is 0 Å². The van der Waals surface area contributed by atoms with Crippen LogP contribution in [0.2, 0.25) is 0 Å². The van der Waals surface area contributed by atoms with Crippen molar-refractivity contribution in [1.82, 2.24) is 0 Å². The molecule has 112 valence electrons. The molecule has 0 saturated heterocycles. The molecule has 0 aliphatic carbocycles. The summed E-state index contributed by atoms with van der Waals surface area (Å²) in [6.45, 7) is 3.10. The number of para-hydroxylation sites is 1. The maximum absolute atomic E-state index is 12.5. The van der Waals surface area contributed by atoms with Crippen LogP contribution in [0.1, 0.15) is 33.2 Å². The minimum Gasteiger partial charge on any atom is -0.434 e. The van der Waals surface area contributed by atoms with Gasteiger partial charge in [0.25, 0.3) is 0 Å². The second-order valence-corrected chi connectivity index (χ2v) is 5.53. The van der Waals surface area contributed by atoms with Crippen molar-refractivity contribution in [2.45, 2.75) is 32.8 Å². The highest BCUT2D eigenvalue weighted by Crippen LogP contribution is 2.38. The zero-order chi connectivity index (χ0) is 15.6. The van der Waals surface area contributed by atoms with Gasteiger partial charge in [-0.1, -0.05) is 35.9 Å². The highest BCUT2D eigenvalue weighted by Gasteiger charge is 2.21. The minimum absolute atomic E-state index is 0.117. The van der Waals surface area contributed by atoms with Crippen molar-refractivity contribution < 1.29 is 13.5 Å². The Bertz CT molecular complexity index is 617. The van der Waals surface area contributed by atoms with E-state index in [2.05, 4.69) is 4.74 Å². The first-order chi connectivity index (χ1) is 9.90. The Balaban J connectivity index is 2.48. The second kappa shape index (κ2) is 6.44. The van der Waals surface area contributed by atoms with Crippen molar-refractivity contribution in [2.24, 2.45) is 0 Å². The Labute approximate surface area is 128 Å². The predicted molar refractivity (Wildman–Crippen MR) is 81.4 cm³/mol. The molecule has 0 radical (unpaired) electrons. The van der Waals surface area contributed by atoms with E-state index in [9.17, 15) is 8.78 Å². The molecular weight excluding hydrogens is 294 g/mol. The molecule has 0 fully saturated rings. The van der Waals surface area contributed by atoms with Crippen molar-refractivity contribution in [3.05, 3.63) is 64.2 Å². The summed E-state index contributed by atoms with van der Waals surface area (Å²) in [5.74, 6) is 0.117. The Morgan fingerprint density at radius 2 is 1.57 bits per heavy atom. The van der Waals surface area contributed by atoms with Crippen LogP contribution in [-0.4, -0.2) is 6.61 Å². The molecule has 0 N–H and O–H groups in total. The van der Waals surface area contributed by atoms with Gasteiger partial charge in [0.2, 0.25) is 0 Å². The Morgan fingerprint density at radius 1 is 1.00 bits per heavy atom. The first-order valence-electron chi connectivity index (χ1n) is 6.65. The average molecular weight is 311 g/mol. The summed E-state index contributed by atoms with van der Waals surface area (Å²) in [7, 11) is 0. The molecule has 0 spiro atoms. The summed E-state index contributed by atoms with van der Waals surface area (Å²) in [6.07, 6.45) is 0. The van der Waals surface area contributed by atoms with E-state index in [0.717, 1.165) is 22.3 Å². The van der Waals surface area contributed by atoms with Crippen LogP contribution in [0, 0.1) is 20.8 Å². The van der Waals surface area contributed by atoms with E-state index in [1.54, 1.807) is 18.2 Å². The summed E-state index contributed by atoms with van der Waals surface area (Å²) in [5.41, 5.74) is 4.72. The number of rotatable bonds is 4. The number of aryl methyl sites for hydroxylation is 3. The topological polar surface area (TPSA) is 9.23 Å². The summed E-state index contributed by atoms with van der Waals surface area (Å²) in [5, 5.41) is -0.527. The summed E-state index contributed by atoms with van der Waals surface area (Å²) in [4.78, 5) is 0. The van der Waals surface area contributed by atoms with E-state index in [-0.39, 0.29) is 5.75 Å². The largest absolute Gasteiger partial charge is 0.434 e. The molecule has 2 aromatic carbocycles. The van der Waals surface area contributed by atoms with E-state index in [0.29, 0.717) is 5.56 Å². The van der Waals surface area contributed by atoms with Crippen LogP contribution in [-0.2, 0) is 0 Å². The van der Waals surface area contributed by atoms with Gasteiger partial charge >= 0.3 is 6.61 Å². The average Bonchev–Trinajstić information content (AvgIpc) is 2.37. The van der Waals surface area contributed by atoms with Gasteiger partial charge in [-0.15, -0.1) is 11.6 Å². The van der Waals surface area contributed by atoms with Crippen LogP contribution in [0.5, 0.6) is 5.75 Å². The quantitative estimate of drug-likeness (QED) is 0.673. The maximum Gasteiger partial charge on any atom is 0.387 e. The monoisotopic (exact) mass is 310 g/mol. The first kappa shape index (κ1) is 15.8. The lowest BCUT2D eigenvalue weighted by atomic mass is 9.93. The first-order valence-corrected chi connectivity index (χ1v) is 7.09. The van der Waals surface area contributed by atoms with Crippen molar-refractivity contribution >= 4 is 11.6 Å². The van der Waals surface area contributed by atoms with Gasteiger partial charge in [-0.2, -0.15) is 8.78 Å². The van der Waals surface area contributed by atoms with Crippen LogP contribution < -0.4 is 4.74 Å². The SMILES string of the molecule is Cc1cc(C)c(C(Cl)c2ccccc2OC(F)F)c(C)c1. The number of hydrogen-bond donors (Lipinski definition) is 0. The molecule has 4 heteroatoms. The fraction of sp³-hybridized carbons (Fsp3) is 0.294. The maximum atomic E-state index is 12.5. The summed E-state index contributed by atoms with van der Waals surface area (Å²) < 4.78 is 29.6. The minimum atomic E-state index is -2.87. The van der Waals surface area contributed by atoms with Gasteiger partial charge in [0, 0.05) is 5.56 Å². The normalized spacial score (nSPS) is 12.5. The molecule has 2 rings (SSSR count). The van der Waals surface area contributed by atoms with Crippen LogP contribution >= 0.6 is 11.6 Å². The van der Waals surface area contributed by atoms with Crippen molar-refractivity contribution in [1.29, 1.82) is 0 Å². The van der Waals surface area contributed by atoms with Gasteiger partial charge in [-0.25, -0.2) is 0 Å². The second-order valence-electron chi connectivity index (χ2n) is 5.09. The summed E-state index contributed by atoms with van der Waals surface area (Å²) in [6, 6.07) is 10.7. The molecule has 0 aliphatic rings. The van der Waals surface area contributed by atoms with Gasteiger partial charge in [-0.3, -0.25) is 0 Å². The van der Waals surface area contributed by atoms with Gasteiger partial charge in [-0.05, 0) is 43.5 Å². The highest BCUT2D eigenvalue weighted by molar-refractivity contribution is 6.23. The summed E-state index contributed by atoms with van der Waals surface area (Å²) >= 11 is 6.56. The van der Waals surface area contributed by atoms with E-state index in [1.165, 1.54) is 6.07 Å². The van der Waals surface area contributed by atoms with Gasteiger partial charge in [0.15, 0.2) is 0 Å². The highest BCUT2D eigenvalue weighted by atomic mass is 35.5. The Hall–Kier alpha value is -1.61. The molecule has 0 heterocycles. The lowest BCUT2D eigenvalue weighted by Gasteiger charge is -2.19. The number of ether oxygens (including phenoxy) is 1. The lowest BCUT2D eigenvalue weighted by Crippen LogP contribution is -2.07. The molecule has 0 aliphatic heterocycles. The molecule has 2 aromatic rings. The fourth-order valence-electron chi connectivity index (χ4n) is 2.64. The Morgan fingerprint density at radius 3 is 2.14 bits per heavy atom. The smallest absolute Gasteiger partial charge is 0.387 e. The Kier molecular flexibility index (Phi) is 4.84. The van der Waals surface area contributed by atoms with Gasteiger partial charge in [0.1, 0.15) is 5.75 Å². The van der Waals surface area contributed by atoms with E-state index in [1.807, 2.05) is 32.9 Å². The molecule has 21 heavy (non-hydrogen) atoms. The van der Waals surface area contributed by atoms with Crippen LogP contribution in [0.25, 0.3) is 0 Å². The van der Waals surface area contributed by atoms with Crippen molar-refractivity contribution in [2.75, 3.05) is 0 Å². The third-order valence-corrected chi connectivity index (χ3v) is 3.85. The molecule has 0 aromatic heterocycles. The zero-order valence-corrected chi connectivity index (χ0v) is 12.9. The lowest BCUT2D eigenvalue weighted by molar-refractivity contribution is -0.0504. The molecule has 0 bridgehead atoms. The number of alkyl halides is 3. The number of benzene rings is 2. The van der Waals surface area contributed by atoms with Crippen LogP contribution in [0.15, 0.2) is 36.4 Å². The van der Waals surface area contributed by atoms with E-state index >= 15 is 0 Å². The number of hydrogen-bond acceptors (Lipinski definition) is 1. The molecule has 0 saturated carbocycles. The van der Waals surface area contributed by atoms with Crippen molar-refractivity contribution in [3.63, 3.8) is 0 Å². The van der Waals surface area contributed by atoms with Gasteiger partial charge < -0.3 is 4.74 Å². The van der Waals surface area contributed by atoms with E-state index < -0.39 is 12.0 Å². The third-order valence-electron chi connectivity index (χ3n) is 3.40. The molecular formula is C17H17ClF2O. The molecule has 0 amide bonds. The molecule has 1 unspecified atom stereocenters. The third kappa shape index (κ3) is 3.53. The standard InChI is InChI=1S/C17H17ClF2O/c1-10-8-11(2)15(12(3)9-10)16(18)13-6-4-5-7-14(13)21-17(19)20/h4-9,16-17H,1-3H3. The van der Waals surface area contributed by atoms with E-state index in [4.69, 9.17) is 11.6 Å². The zero-order valence-electron chi connectivity index (χ0n) is 12.2. The molecule has 1 atom stereocenters. The number of halogens is 3. The van der Waals surface area contributed by atoms with Crippen molar-refractivity contribution in [3.8, 4) is 5.75 Å². The predicted octanol–water partition coefficient (Wildman–Crippen LogP) is 5.54.